The zero-order chi connectivity index (χ0) is 14.5. The van der Waals surface area contributed by atoms with Crippen molar-refractivity contribution in [2.24, 2.45) is 0 Å². The summed E-state index contributed by atoms with van der Waals surface area (Å²) in [5, 5.41) is 19.7. The molecule has 0 amide bonds. The molecular weight excluding hydrogens is 248 g/mol. The van der Waals surface area contributed by atoms with Crippen molar-refractivity contribution >= 4 is 5.82 Å². The lowest BCUT2D eigenvalue weighted by molar-refractivity contribution is 0.866. The molecule has 0 atom stereocenters. The predicted molar refractivity (Wildman–Crippen MR) is 80.4 cm³/mol. The van der Waals surface area contributed by atoms with Gasteiger partial charge in [0.25, 0.3) is 0 Å². The van der Waals surface area contributed by atoms with Gasteiger partial charge in [-0.3, -0.25) is 0 Å². The van der Waals surface area contributed by atoms with Gasteiger partial charge >= 0.3 is 0 Å². The lowest BCUT2D eigenvalue weighted by Gasteiger charge is -2.11. The maximum atomic E-state index is 8.52. The summed E-state index contributed by atoms with van der Waals surface area (Å²) in [6, 6.07) is 12.2. The van der Waals surface area contributed by atoms with Crippen molar-refractivity contribution in [3.05, 3.63) is 41.5 Å². The van der Waals surface area contributed by atoms with Crippen LogP contribution in [-0.4, -0.2) is 16.7 Å². The molecule has 0 unspecified atom stereocenters. The van der Waals surface area contributed by atoms with Gasteiger partial charge in [0.15, 0.2) is 0 Å². The first-order chi connectivity index (χ1) is 9.61. The van der Waals surface area contributed by atoms with Gasteiger partial charge in [0, 0.05) is 5.56 Å². The molecule has 0 radical (unpaired) electrons. The summed E-state index contributed by atoms with van der Waals surface area (Å²) in [7, 11) is 0. The predicted octanol–water partition coefficient (Wildman–Crippen LogP) is 3.51. The van der Waals surface area contributed by atoms with Gasteiger partial charge in [0.05, 0.1) is 11.8 Å². The number of rotatable bonds is 4. The van der Waals surface area contributed by atoms with Crippen LogP contribution in [0.1, 0.15) is 30.9 Å². The summed E-state index contributed by atoms with van der Waals surface area (Å²) in [6.07, 6.45) is 0. The Morgan fingerprint density at radius 3 is 2.60 bits per heavy atom. The molecule has 2 aromatic rings. The van der Waals surface area contributed by atoms with Crippen molar-refractivity contribution in [2.45, 2.75) is 26.7 Å². The molecule has 0 aliphatic heterocycles. The minimum absolute atomic E-state index is 0.232. The fourth-order valence-corrected chi connectivity index (χ4v) is 1.97. The molecule has 4 heteroatoms. The van der Waals surface area contributed by atoms with E-state index in [0.29, 0.717) is 11.7 Å². The van der Waals surface area contributed by atoms with Crippen LogP contribution in [0.15, 0.2) is 30.3 Å². The lowest BCUT2D eigenvalue weighted by atomic mass is 9.96. The second kappa shape index (κ2) is 6.16. The van der Waals surface area contributed by atoms with Crippen LogP contribution in [0.2, 0.25) is 0 Å². The van der Waals surface area contributed by atoms with Gasteiger partial charge in [-0.05, 0) is 42.2 Å². The first-order valence-corrected chi connectivity index (χ1v) is 6.67. The van der Waals surface area contributed by atoms with Crippen molar-refractivity contribution in [2.75, 3.05) is 11.9 Å². The number of aryl methyl sites for hydroxylation is 1. The van der Waals surface area contributed by atoms with E-state index in [0.717, 1.165) is 11.3 Å². The Balaban J connectivity index is 2.31. The number of hydrogen-bond acceptors (Lipinski definition) is 4. The number of anilines is 1. The third kappa shape index (κ3) is 3.12. The van der Waals surface area contributed by atoms with Crippen LogP contribution in [0.3, 0.4) is 0 Å². The highest BCUT2D eigenvalue weighted by molar-refractivity contribution is 5.65. The quantitative estimate of drug-likeness (QED) is 0.860. The highest BCUT2D eigenvalue weighted by Gasteiger charge is 2.07. The van der Waals surface area contributed by atoms with E-state index in [-0.39, 0.29) is 6.54 Å². The number of benzene rings is 1. The Labute approximate surface area is 119 Å². The maximum Gasteiger partial charge on any atom is 0.149 e. The number of hydrogen-bond donors (Lipinski definition) is 1. The molecule has 4 nitrogen and oxygen atoms in total. The van der Waals surface area contributed by atoms with Gasteiger partial charge < -0.3 is 5.32 Å². The molecule has 0 bridgehead atoms. The molecule has 1 heterocycles. The molecule has 0 spiro atoms. The Morgan fingerprint density at radius 1 is 1.20 bits per heavy atom. The summed E-state index contributed by atoms with van der Waals surface area (Å²) < 4.78 is 0. The molecule has 1 N–H and O–H groups in total. The van der Waals surface area contributed by atoms with E-state index in [9.17, 15) is 0 Å². The van der Waals surface area contributed by atoms with Gasteiger partial charge in [0.2, 0.25) is 0 Å². The normalized spacial score (nSPS) is 10.3. The molecule has 102 valence electrons. The highest BCUT2D eigenvalue weighted by Crippen LogP contribution is 2.26. The molecule has 0 fully saturated rings. The van der Waals surface area contributed by atoms with E-state index in [4.69, 9.17) is 5.26 Å². The van der Waals surface area contributed by atoms with Gasteiger partial charge in [-0.1, -0.05) is 26.0 Å². The maximum absolute atomic E-state index is 8.52. The molecule has 0 saturated carbocycles. The smallest absolute Gasteiger partial charge is 0.149 e. The molecule has 20 heavy (non-hydrogen) atoms. The Hall–Kier alpha value is -2.41. The third-order valence-corrected chi connectivity index (χ3v) is 3.22. The standard InChI is InChI=1S/C16H18N4/c1-11(2)13-5-4-12(3)14(10-13)15-6-7-16(20-19-15)18-9-8-17/h4-7,10-11H,9H2,1-3H3,(H,18,20). The van der Waals surface area contributed by atoms with Crippen LogP contribution in [-0.2, 0) is 0 Å². The molecule has 0 aliphatic rings. The first kappa shape index (κ1) is 14.0. The van der Waals surface area contributed by atoms with Crippen LogP contribution in [0, 0.1) is 18.3 Å². The van der Waals surface area contributed by atoms with Crippen LogP contribution in [0.25, 0.3) is 11.3 Å². The van der Waals surface area contributed by atoms with E-state index in [1.807, 2.05) is 18.2 Å². The van der Waals surface area contributed by atoms with Crippen molar-refractivity contribution in [1.29, 1.82) is 5.26 Å². The molecule has 0 aliphatic carbocycles. The van der Waals surface area contributed by atoms with Crippen molar-refractivity contribution in [3.8, 4) is 17.3 Å². The fourth-order valence-electron chi connectivity index (χ4n) is 1.97. The van der Waals surface area contributed by atoms with E-state index in [2.05, 4.69) is 54.5 Å². The van der Waals surface area contributed by atoms with Crippen LogP contribution < -0.4 is 5.32 Å². The number of nitrogens with zero attached hydrogens (tertiary/aromatic N) is 3. The van der Waals surface area contributed by atoms with Crippen molar-refractivity contribution in [3.63, 3.8) is 0 Å². The third-order valence-electron chi connectivity index (χ3n) is 3.22. The Kier molecular flexibility index (Phi) is 4.31. The number of aromatic nitrogens is 2. The highest BCUT2D eigenvalue weighted by atomic mass is 15.2. The minimum atomic E-state index is 0.232. The summed E-state index contributed by atoms with van der Waals surface area (Å²) in [6.45, 7) is 6.66. The molecule has 2 rings (SSSR count). The minimum Gasteiger partial charge on any atom is -0.356 e. The van der Waals surface area contributed by atoms with Crippen LogP contribution in [0.5, 0.6) is 0 Å². The molecule has 1 aromatic heterocycles. The Bertz CT molecular complexity index is 624. The number of nitrogens with one attached hydrogen (secondary N) is 1. The van der Waals surface area contributed by atoms with Crippen LogP contribution >= 0.6 is 0 Å². The monoisotopic (exact) mass is 266 g/mol. The summed E-state index contributed by atoms with van der Waals surface area (Å²) in [4.78, 5) is 0. The summed E-state index contributed by atoms with van der Waals surface area (Å²) >= 11 is 0. The lowest BCUT2D eigenvalue weighted by Crippen LogP contribution is -2.02. The Morgan fingerprint density at radius 2 is 2.00 bits per heavy atom. The summed E-state index contributed by atoms with van der Waals surface area (Å²) in [5.41, 5.74) is 4.43. The van der Waals surface area contributed by atoms with Gasteiger partial charge in [-0.25, -0.2) is 0 Å². The second-order valence-electron chi connectivity index (χ2n) is 5.04. The van der Waals surface area contributed by atoms with Crippen LogP contribution in [0.4, 0.5) is 5.82 Å². The summed E-state index contributed by atoms with van der Waals surface area (Å²) in [5.74, 6) is 1.10. The topological polar surface area (TPSA) is 61.6 Å². The number of nitriles is 1. The molecule has 0 saturated heterocycles. The first-order valence-electron chi connectivity index (χ1n) is 6.67. The zero-order valence-corrected chi connectivity index (χ0v) is 12.0. The second-order valence-corrected chi connectivity index (χ2v) is 5.04. The average molecular weight is 266 g/mol. The van der Waals surface area contributed by atoms with Crippen molar-refractivity contribution in [1.82, 2.24) is 10.2 Å². The SMILES string of the molecule is Cc1ccc(C(C)C)cc1-c1ccc(NCC#N)nn1. The van der Waals surface area contributed by atoms with E-state index in [1.165, 1.54) is 11.1 Å². The van der Waals surface area contributed by atoms with Gasteiger partial charge in [0.1, 0.15) is 12.4 Å². The fraction of sp³-hybridized carbons (Fsp3) is 0.312. The van der Waals surface area contributed by atoms with Gasteiger partial charge in [-0.2, -0.15) is 5.26 Å². The van der Waals surface area contributed by atoms with E-state index < -0.39 is 0 Å². The molecule has 1 aromatic carbocycles. The zero-order valence-electron chi connectivity index (χ0n) is 12.0. The van der Waals surface area contributed by atoms with E-state index in [1.54, 1.807) is 0 Å². The van der Waals surface area contributed by atoms with E-state index >= 15 is 0 Å². The van der Waals surface area contributed by atoms with Crippen molar-refractivity contribution < 1.29 is 0 Å². The average Bonchev–Trinajstić information content (AvgIpc) is 2.46. The van der Waals surface area contributed by atoms with Gasteiger partial charge in [-0.15, -0.1) is 10.2 Å². The largest absolute Gasteiger partial charge is 0.356 e. The molecular formula is C16H18N4.